The Hall–Kier alpha value is -1.07. The Morgan fingerprint density at radius 1 is 1.53 bits per heavy atom. The van der Waals surface area contributed by atoms with Gasteiger partial charge in [0.2, 0.25) is 0 Å². The van der Waals surface area contributed by atoms with Crippen LogP contribution in [0, 0.1) is 0 Å². The van der Waals surface area contributed by atoms with E-state index in [-0.39, 0.29) is 5.75 Å². The van der Waals surface area contributed by atoms with Gasteiger partial charge in [0.05, 0.1) is 11.4 Å². The fourth-order valence-corrected chi connectivity index (χ4v) is 2.18. The summed E-state index contributed by atoms with van der Waals surface area (Å²) in [7, 11) is -3.04. The first-order chi connectivity index (χ1) is 6.94. The Morgan fingerprint density at radius 2 is 2.27 bits per heavy atom. The molecule has 0 fully saturated rings. The molecule has 2 aromatic rings. The van der Waals surface area contributed by atoms with Crippen molar-refractivity contribution in [1.29, 1.82) is 0 Å². The molecular formula is C9H9ClN2O2S. The van der Waals surface area contributed by atoms with Crippen molar-refractivity contribution in [2.24, 2.45) is 0 Å². The molecule has 0 amide bonds. The first-order valence-electron chi connectivity index (χ1n) is 4.25. The summed E-state index contributed by atoms with van der Waals surface area (Å²) in [4.78, 5) is 4.16. The molecule has 80 valence electrons. The highest BCUT2D eigenvalue weighted by Gasteiger charge is 2.08. The Labute approximate surface area is 92.4 Å². The quantitative estimate of drug-likeness (QED) is 0.805. The summed E-state index contributed by atoms with van der Waals surface area (Å²) in [6, 6.07) is 3.41. The largest absolute Gasteiger partial charge is 0.307 e. The van der Waals surface area contributed by atoms with Gasteiger partial charge < -0.3 is 4.40 Å². The second-order valence-corrected chi connectivity index (χ2v) is 5.99. The summed E-state index contributed by atoms with van der Waals surface area (Å²) < 4.78 is 23.9. The van der Waals surface area contributed by atoms with Crippen molar-refractivity contribution in [3.63, 3.8) is 0 Å². The molecule has 0 saturated carbocycles. The SMILES string of the molecule is CS(=O)(=O)Cc1cn2ccc(Cl)cc2n1. The fourth-order valence-electron chi connectivity index (χ4n) is 1.35. The maximum absolute atomic E-state index is 11.1. The van der Waals surface area contributed by atoms with E-state index < -0.39 is 9.84 Å². The molecule has 0 bridgehead atoms. The summed E-state index contributed by atoms with van der Waals surface area (Å²) in [6.45, 7) is 0. The zero-order chi connectivity index (χ0) is 11.1. The molecule has 15 heavy (non-hydrogen) atoms. The van der Waals surface area contributed by atoms with Crippen LogP contribution in [-0.4, -0.2) is 24.1 Å². The Morgan fingerprint density at radius 3 is 2.93 bits per heavy atom. The molecule has 0 radical (unpaired) electrons. The molecule has 2 aromatic heterocycles. The van der Waals surface area contributed by atoms with E-state index in [2.05, 4.69) is 4.98 Å². The molecule has 0 saturated heterocycles. The lowest BCUT2D eigenvalue weighted by Crippen LogP contribution is -2.00. The van der Waals surface area contributed by atoms with Crippen LogP contribution in [0.4, 0.5) is 0 Å². The number of rotatable bonds is 2. The van der Waals surface area contributed by atoms with Gasteiger partial charge in [-0.05, 0) is 12.1 Å². The van der Waals surface area contributed by atoms with Crippen molar-refractivity contribution in [3.05, 3.63) is 35.2 Å². The Bertz CT molecular complexity index is 604. The molecule has 0 aromatic carbocycles. The molecule has 0 aliphatic rings. The maximum Gasteiger partial charge on any atom is 0.153 e. The third-order valence-electron chi connectivity index (χ3n) is 1.88. The molecule has 0 aliphatic carbocycles. The predicted molar refractivity (Wildman–Crippen MR) is 58.7 cm³/mol. The number of sulfone groups is 1. The first kappa shape index (κ1) is 10.4. The van der Waals surface area contributed by atoms with E-state index in [1.54, 1.807) is 28.9 Å². The second-order valence-electron chi connectivity index (χ2n) is 3.41. The van der Waals surface area contributed by atoms with Crippen LogP contribution in [0.5, 0.6) is 0 Å². The lowest BCUT2D eigenvalue weighted by Gasteiger charge is -1.91. The Balaban J connectivity index is 2.48. The van der Waals surface area contributed by atoms with Crippen LogP contribution in [0.2, 0.25) is 5.02 Å². The second kappa shape index (κ2) is 3.50. The minimum Gasteiger partial charge on any atom is -0.307 e. The predicted octanol–water partition coefficient (Wildman–Crippen LogP) is 1.53. The third kappa shape index (κ3) is 2.49. The number of pyridine rings is 1. The molecule has 0 spiro atoms. The molecule has 4 nitrogen and oxygen atoms in total. The average molecular weight is 245 g/mol. The van der Waals surface area contributed by atoms with Crippen molar-refractivity contribution in [3.8, 4) is 0 Å². The average Bonchev–Trinajstić information content (AvgIpc) is 2.42. The zero-order valence-electron chi connectivity index (χ0n) is 8.01. The van der Waals surface area contributed by atoms with Crippen LogP contribution < -0.4 is 0 Å². The van der Waals surface area contributed by atoms with E-state index in [1.807, 2.05) is 0 Å². The van der Waals surface area contributed by atoms with Crippen LogP contribution in [0.15, 0.2) is 24.5 Å². The van der Waals surface area contributed by atoms with Gasteiger partial charge in [0.1, 0.15) is 5.65 Å². The number of hydrogen-bond donors (Lipinski definition) is 0. The van der Waals surface area contributed by atoms with Crippen LogP contribution in [-0.2, 0) is 15.6 Å². The highest BCUT2D eigenvalue weighted by Crippen LogP contribution is 2.13. The van der Waals surface area contributed by atoms with Gasteiger partial charge in [-0.25, -0.2) is 13.4 Å². The number of aromatic nitrogens is 2. The third-order valence-corrected chi connectivity index (χ3v) is 2.94. The van der Waals surface area contributed by atoms with Gasteiger partial charge in [-0.3, -0.25) is 0 Å². The normalized spacial score (nSPS) is 12.1. The summed E-state index contributed by atoms with van der Waals surface area (Å²) in [6.07, 6.45) is 4.62. The molecular weight excluding hydrogens is 236 g/mol. The highest BCUT2D eigenvalue weighted by molar-refractivity contribution is 7.89. The minimum atomic E-state index is -3.04. The van der Waals surface area contributed by atoms with E-state index in [9.17, 15) is 8.42 Å². The Kier molecular flexibility index (Phi) is 2.44. The van der Waals surface area contributed by atoms with Crippen LogP contribution >= 0.6 is 11.6 Å². The lowest BCUT2D eigenvalue weighted by molar-refractivity contribution is 0.600. The molecule has 6 heteroatoms. The molecule has 2 heterocycles. The topological polar surface area (TPSA) is 51.4 Å². The van der Waals surface area contributed by atoms with Gasteiger partial charge >= 0.3 is 0 Å². The molecule has 0 aliphatic heterocycles. The summed E-state index contributed by atoms with van der Waals surface area (Å²) >= 11 is 5.79. The zero-order valence-corrected chi connectivity index (χ0v) is 9.59. The van der Waals surface area contributed by atoms with E-state index in [1.165, 1.54) is 6.26 Å². The molecule has 2 rings (SSSR count). The van der Waals surface area contributed by atoms with E-state index in [0.717, 1.165) is 0 Å². The minimum absolute atomic E-state index is 0.0493. The van der Waals surface area contributed by atoms with Crippen molar-refractivity contribution in [1.82, 2.24) is 9.38 Å². The number of nitrogens with zero attached hydrogens (tertiary/aromatic N) is 2. The van der Waals surface area contributed by atoms with Gasteiger partial charge in [0.15, 0.2) is 9.84 Å². The highest BCUT2D eigenvalue weighted by atomic mass is 35.5. The van der Waals surface area contributed by atoms with Crippen molar-refractivity contribution in [2.45, 2.75) is 5.75 Å². The van der Waals surface area contributed by atoms with Gasteiger partial charge in [0.25, 0.3) is 0 Å². The first-order valence-corrected chi connectivity index (χ1v) is 6.69. The monoisotopic (exact) mass is 244 g/mol. The summed E-state index contributed by atoms with van der Waals surface area (Å²) in [5, 5.41) is 0.582. The standard InChI is InChI=1S/C9H9ClN2O2S/c1-15(13,14)6-8-5-12-3-2-7(10)4-9(12)11-8/h2-5H,6H2,1H3. The van der Waals surface area contributed by atoms with Gasteiger partial charge in [-0.1, -0.05) is 11.6 Å². The number of halogens is 1. The maximum atomic E-state index is 11.1. The van der Waals surface area contributed by atoms with Gasteiger partial charge in [-0.15, -0.1) is 0 Å². The van der Waals surface area contributed by atoms with E-state index in [0.29, 0.717) is 16.4 Å². The van der Waals surface area contributed by atoms with E-state index in [4.69, 9.17) is 11.6 Å². The van der Waals surface area contributed by atoms with Crippen LogP contribution in [0.1, 0.15) is 5.69 Å². The van der Waals surface area contributed by atoms with Gasteiger partial charge in [-0.2, -0.15) is 0 Å². The van der Waals surface area contributed by atoms with E-state index >= 15 is 0 Å². The fraction of sp³-hybridized carbons (Fsp3) is 0.222. The summed E-state index contributed by atoms with van der Waals surface area (Å²) in [5.74, 6) is -0.0493. The number of fused-ring (bicyclic) bond motifs is 1. The lowest BCUT2D eigenvalue weighted by atomic mass is 10.5. The smallest absolute Gasteiger partial charge is 0.153 e. The van der Waals surface area contributed by atoms with Crippen molar-refractivity contribution < 1.29 is 8.42 Å². The van der Waals surface area contributed by atoms with Gasteiger partial charge in [0, 0.05) is 23.7 Å². The van der Waals surface area contributed by atoms with Crippen LogP contribution in [0.3, 0.4) is 0 Å². The number of imidazole rings is 1. The van der Waals surface area contributed by atoms with Crippen molar-refractivity contribution >= 4 is 27.1 Å². The molecule has 0 unspecified atom stereocenters. The van der Waals surface area contributed by atoms with Crippen molar-refractivity contribution in [2.75, 3.05) is 6.26 Å². The summed E-state index contributed by atoms with van der Waals surface area (Å²) in [5.41, 5.74) is 1.18. The number of hydrogen-bond acceptors (Lipinski definition) is 3. The van der Waals surface area contributed by atoms with Crippen LogP contribution in [0.25, 0.3) is 5.65 Å². The molecule has 0 N–H and O–H groups in total. The molecule has 0 atom stereocenters.